The van der Waals surface area contributed by atoms with Gasteiger partial charge in [-0.05, 0) is 36.2 Å². The minimum Gasteiger partial charge on any atom is -0.287 e. The molecule has 0 aromatic heterocycles. The third-order valence-electron chi connectivity index (χ3n) is 3.07. The van der Waals surface area contributed by atoms with Crippen molar-refractivity contribution in [3.05, 3.63) is 82.9 Å². The summed E-state index contributed by atoms with van der Waals surface area (Å²) in [4.78, 5) is 12.0. The highest BCUT2D eigenvalue weighted by Gasteiger charge is 2.11. The Morgan fingerprint density at radius 2 is 1.81 bits per heavy atom. The molecule has 0 heterocycles. The smallest absolute Gasteiger partial charge is 0.265 e. The molecule has 2 aromatic carbocycles. The Morgan fingerprint density at radius 3 is 2.43 bits per heavy atom. The Bertz CT molecular complexity index is 596. The van der Waals surface area contributed by atoms with Gasteiger partial charge in [0.15, 0.2) is 0 Å². The average molecular weight is 345 g/mol. The van der Waals surface area contributed by atoms with Crippen LogP contribution in [0.2, 0.25) is 0 Å². The Balaban J connectivity index is 2.02. The minimum absolute atomic E-state index is 0.0109. The summed E-state index contributed by atoms with van der Waals surface area (Å²) in [6, 6.07) is 17.1. The van der Waals surface area contributed by atoms with E-state index in [9.17, 15) is 4.79 Å². The van der Waals surface area contributed by atoms with Crippen molar-refractivity contribution in [1.29, 1.82) is 0 Å². The van der Waals surface area contributed by atoms with Crippen molar-refractivity contribution in [2.24, 2.45) is 0 Å². The Kier molecular flexibility index (Phi) is 5.72. The molecule has 1 unspecified atom stereocenters. The highest BCUT2D eigenvalue weighted by molar-refractivity contribution is 9.10. The second-order valence-electron chi connectivity index (χ2n) is 4.59. The molecule has 2 aromatic rings. The number of hydrogen-bond acceptors (Lipinski definition) is 2. The first kappa shape index (κ1) is 15.5. The lowest BCUT2D eigenvalue weighted by atomic mass is 10.0. The van der Waals surface area contributed by atoms with E-state index in [-0.39, 0.29) is 11.9 Å². The fourth-order valence-corrected chi connectivity index (χ4v) is 2.22. The monoisotopic (exact) mass is 344 g/mol. The van der Waals surface area contributed by atoms with E-state index in [0.717, 1.165) is 16.5 Å². The maximum absolute atomic E-state index is 12.0. The van der Waals surface area contributed by atoms with Crippen molar-refractivity contribution >= 4 is 21.8 Å². The molecule has 21 heavy (non-hydrogen) atoms. The molecular formula is C17H17BrN2O. The second kappa shape index (κ2) is 7.76. The fraction of sp³-hybridized carbons (Fsp3) is 0.118. The molecule has 0 aliphatic carbocycles. The third-order valence-corrected chi connectivity index (χ3v) is 3.60. The fourth-order valence-electron chi connectivity index (χ4n) is 1.95. The van der Waals surface area contributed by atoms with Crippen LogP contribution in [0.1, 0.15) is 28.4 Å². The number of rotatable bonds is 6. The molecule has 0 aliphatic heterocycles. The van der Waals surface area contributed by atoms with Gasteiger partial charge < -0.3 is 0 Å². The second-order valence-corrected chi connectivity index (χ2v) is 5.51. The summed E-state index contributed by atoms with van der Waals surface area (Å²) >= 11 is 3.42. The maximum atomic E-state index is 12.0. The van der Waals surface area contributed by atoms with Crippen molar-refractivity contribution in [1.82, 2.24) is 10.9 Å². The molecule has 0 aliphatic rings. The summed E-state index contributed by atoms with van der Waals surface area (Å²) in [6.07, 6.45) is 2.55. The van der Waals surface area contributed by atoms with Crippen LogP contribution in [0.3, 0.4) is 0 Å². The van der Waals surface area contributed by atoms with E-state index in [1.54, 1.807) is 12.1 Å². The Hall–Kier alpha value is -1.91. The predicted molar refractivity (Wildman–Crippen MR) is 88.7 cm³/mol. The third kappa shape index (κ3) is 4.55. The zero-order valence-corrected chi connectivity index (χ0v) is 13.1. The van der Waals surface area contributed by atoms with Gasteiger partial charge in [-0.3, -0.25) is 10.2 Å². The minimum atomic E-state index is -0.151. The number of hydrogen-bond donors (Lipinski definition) is 2. The van der Waals surface area contributed by atoms with E-state index in [0.29, 0.717) is 5.56 Å². The van der Waals surface area contributed by atoms with Gasteiger partial charge in [-0.15, -0.1) is 6.58 Å². The molecule has 3 nitrogen and oxygen atoms in total. The lowest BCUT2D eigenvalue weighted by molar-refractivity contribution is 0.0925. The van der Waals surface area contributed by atoms with Crippen LogP contribution in [0.15, 0.2) is 71.7 Å². The number of hydrazine groups is 1. The summed E-state index contributed by atoms with van der Waals surface area (Å²) in [5.74, 6) is -0.151. The van der Waals surface area contributed by atoms with E-state index in [1.807, 2.05) is 48.5 Å². The quantitative estimate of drug-likeness (QED) is 0.614. The van der Waals surface area contributed by atoms with E-state index in [2.05, 4.69) is 33.4 Å². The van der Waals surface area contributed by atoms with Gasteiger partial charge in [0.1, 0.15) is 0 Å². The molecule has 0 spiro atoms. The van der Waals surface area contributed by atoms with Crippen molar-refractivity contribution in [3.8, 4) is 0 Å². The molecule has 2 N–H and O–H groups in total. The van der Waals surface area contributed by atoms with Crippen LogP contribution >= 0.6 is 15.9 Å². The summed E-state index contributed by atoms with van der Waals surface area (Å²) in [5, 5.41) is 0. The lowest BCUT2D eigenvalue weighted by Gasteiger charge is -2.18. The highest BCUT2D eigenvalue weighted by Crippen LogP contribution is 2.19. The molecule has 1 atom stereocenters. The molecular weight excluding hydrogens is 328 g/mol. The maximum Gasteiger partial charge on any atom is 0.265 e. The van der Waals surface area contributed by atoms with Crippen molar-refractivity contribution < 1.29 is 4.79 Å². The van der Waals surface area contributed by atoms with E-state index >= 15 is 0 Å². The normalized spacial score (nSPS) is 11.7. The number of carbonyl (C=O) groups excluding carboxylic acids is 1. The Morgan fingerprint density at radius 1 is 1.14 bits per heavy atom. The zero-order chi connectivity index (χ0) is 15.1. The van der Waals surface area contributed by atoms with Gasteiger partial charge in [0.2, 0.25) is 0 Å². The first-order valence-corrected chi connectivity index (χ1v) is 7.47. The van der Waals surface area contributed by atoms with Crippen molar-refractivity contribution in [2.45, 2.75) is 12.5 Å². The van der Waals surface area contributed by atoms with Crippen LogP contribution in [0, 0.1) is 0 Å². The largest absolute Gasteiger partial charge is 0.287 e. The summed E-state index contributed by atoms with van der Waals surface area (Å²) < 4.78 is 1.02. The predicted octanol–water partition coefficient (Wildman–Crippen LogP) is 4.00. The van der Waals surface area contributed by atoms with Gasteiger partial charge >= 0.3 is 0 Å². The van der Waals surface area contributed by atoms with Crippen LogP contribution in [0.4, 0.5) is 0 Å². The van der Waals surface area contributed by atoms with Gasteiger partial charge in [0.05, 0.1) is 6.04 Å². The summed E-state index contributed by atoms with van der Waals surface area (Å²) in [5.41, 5.74) is 7.53. The average Bonchev–Trinajstić information content (AvgIpc) is 2.53. The number of halogens is 1. The van der Waals surface area contributed by atoms with Gasteiger partial charge in [-0.1, -0.05) is 52.3 Å². The van der Waals surface area contributed by atoms with Gasteiger partial charge in [-0.25, -0.2) is 5.43 Å². The molecule has 0 saturated heterocycles. The first-order chi connectivity index (χ1) is 10.2. The topological polar surface area (TPSA) is 41.1 Å². The molecule has 0 saturated carbocycles. The lowest BCUT2D eigenvalue weighted by Crippen LogP contribution is -2.39. The highest BCUT2D eigenvalue weighted by atomic mass is 79.9. The Labute approximate surface area is 133 Å². The van der Waals surface area contributed by atoms with Crippen LogP contribution in [0.5, 0.6) is 0 Å². The summed E-state index contributed by atoms with van der Waals surface area (Å²) in [7, 11) is 0. The van der Waals surface area contributed by atoms with E-state index < -0.39 is 0 Å². The van der Waals surface area contributed by atoms with Crippen LogP contribution < -0.4 is 10.9 Å². The van der Waals surface area contributed by atoms with Crippen LogP contribution in [-0.2, 0) is 0 Å². The van der Waals surface area contributed by atoms with Gasteiger partial charge in [0.25, 0.3) is 5.91 Å². The van der Waals surface area contributed by atoms with Crippen LogP contribution in [-0.4, -0.2) is 5.91 Å². The van der Waals surface area contributed by atoms with E-state index in [4.69, 9.17) is 0 Å². The number of amides is 1. The first-order valence-electron chi connectivity index (χ1n) is 6.68. The van der Waals surface area contributed by atoms with Crippen molar-refractivity contribution in [2.75, 3.05) is 0 Å². The van der Waals surface area contributed by atoms with Gasteiger partial charge in [-0.2, -0.15) is 0 Å². The molecule has 1 amide bonds. The molecule has 4 heteroatoms. The standard InChI is InChI=1S/C17H17BrN2O/c1-2-6-16(13-9-11-15(18)12-10-13)19-20-17(21)14-7-4-3-5-8-14/h2-5,7-12,16,19H,1,6H2,(H,20,21). The van der Waals surface area contributed by atoms with Crippen molar-refractivity contribution in [3.63, 3.8) is 0 Å². The number of benzene rings is 2. The van der Waals surface area contributed by atoms with Gasteiger partial charge in [0, 0.05) is 10.0 Å². The molecule has 0 fully saturated rings. The number of carbonyl (C=O) groups is 1. The molecule has 108 valence electrons. The van der Waals surface area contributed by atoms with Crippen LogP contribution in [0.25, 0.3) is 0 Å². The number of nitrogens with one attached hydrogen (secondary N) is 2. The van der Waals surface area contributed by atoms with E-state index in [1.165, 1.54) is 0 Å². The zero-order valence-electron chi connectivity index (χ0n) is 11.6. The molecule has 0 radical (unpaired) electrons. The SMILES string of the molecule is C=CCC(NNC(=O)c1ccccc1)c1ccc(Br)cc1. The molecule has 0 bridgehead atoms. The summed E-state index contributed by atoms with van der Waals surface area (Å²) in [6.45, 7) is 3.77. The molecule has 2 rings (SSSR count).